The van der Waals surface area contributed by atoms with Crippen LogP contribution in [0.15, 0.2) is 28.8 Å². The molecule has 1 unspecified atom stereocenters. The van der Waals surface area contributed by atoms with Crippen molar-refractivity contribution in [2.45, 2.75) is 45.1 Å². The van der Waals surface area contributed by atoms with Crippen molar-refractivity contribution in [3.63, 3.8) is 0 Å². The Labute approximate surface area is 154 Å². The average molecular weight is 383 g/mol. The van der Waals surface area contributed by atoms with E-state index in [-0.39, 0.29) is 18.9 Å². The van der Waals surface area contributed by atoms with Gasteiger partial charge in [0.1, 0.15) is 6.10 Å². The molecule has 0 aliphatic carbocycles. The van der Waals surface area contributed by atoms with Crippen LogP contribution in [0.25, 0.3) is 0 Å². The fourth-order valence-electron chi connectivity index (χ4n) is 3.05. The summed E-state index contributed by atoms with van der Waals surface area (Å²) in [5.74, 6) is -0.153. The van der Waals surface area contributed by atoms with Gasteiger partial charge < -0.3 is 14.2 Å². The van der Waals surface area contributed by atoms with E-state index in [1.54, 1.807) is 19.9 Å². The first-order valence-corrected chi connectivity index (χ1v) is 8.56. The first-order chi connectivity index (χ1) is 12.6. The van der Waals surface area contributed by atoms with Crippen molar-refractivity contribution in [2.24, 2.45) is 0 Å². The molecule has 0 bridgehead atoms. The molecule has 2 aromatic rings. The smallest absolute Gasteiger partial charge is 0.364 e. The molecule has 2 heterocycles. The largest absolute Gasteiger partial charge is 0.416 e. The molecular formula is C18H20F3N3O3. The Balaban J connectivity index is 1.86. The summed E-state index contributed by atoms with van der Waals surface area (Å²) in [6, 6.07) is 4.96. The number of carbonyl (C=O) groups excluding carboxylic acids is 1. The van der Waals surface area contributed by atoms with Crippen LogP contribution in [0.1, 0.15) is 54.5 Å². The highest BCUT2D eigenvalue weighted by Crippen LogP contribution is 2.35. The van der Waals surface area contributed by atoms with Gasteiger partial charge in [-0.2, -0.15) is 18.2 Å². The number of carbonyl (C=O) groups is 1. The van der Waals surface area contributed by atoms with Gasteiger partial charge in [-0.25, -0.2) is 0 Å². The normalized spacial score (nSPS) is 19.9. The van der Waals surface area contributed by atoms with Crippen molar-refractivity contribution in [1.82, 2.24) is 15.0 Å². The quantitative estimate of drug-likeness (QED) is 0.809. The Morgan fingerprint density at radius 1 is 1.37 bits per heavy atom. The van der Waals surface area contributed by atoms with E-state index in [1.807, 2.05) is 6.92 Å². The van der Waals surface area contributed by atoms with Gasteiger partial charge in [0.05, 0.1) is 17.7 Å². The highest BCUT2D eigenvalue weighted by atomic mass is 19.4. The molecule has 0 radical (unpaired) electrons. The molecule has 1 saturated heterocycles. The van der Waals surface area contributed by atoms with E-state index in [0.717, 1.165) is 12.1 Å². The summed E-state index contributed by atoms with van der Waals surface area (Å²) in [5, 5.41) is 3.69. The summed E-state index contributed by atoms with van der Waals surface area (Å²) in [7, 11) is 0. The van der Waals surface area contributed by atoms with Crippen molar-refractivity contribution in [3.8, 4) is 0 Å². The number of nitrogens with zero attached hydrogens (tertiary/aromatic N) is 3. The molecule has 1 fully saturated rings. The molecular weight excluding hydrogens is 363 g/mol. The van der Waals surface area contributed by atoms with Crippen LogP contribution in [0.2, 0.25) is 0 Å². The Bertz CT molecular complexity index is 832. The van der Waals surface area contributed by atoms with Gasteiger partial charge in [0.15, 0.2) is 0 Å². The van der Waals surface area contributed by atoms with Crippen LogP contribution < -0.4 is 0 Å². The van der Waals surface area contributed by atoms with Crippen molar-refractivity contribution in [1.29, 1.82) is 0 Å². The zero-order valence-corrected chi connectivity index (χ0v) is 15.2. The van der Waals surface area contributed by atoms with Gasteiger partial charge in [-0.1, -0.05) is 24.2 Å². The van der Waals surface area contributed by atoms with Crippen LogP contribution in [0.5, 0.6) is 0 Å². The van der Waals surface area contributed by atoms with Crippen molar-refractivity contribution in [2.75, 3.05) is 13.1 Å². The third kappa shape index (κ3) is 4.29. The molecule has 146 valence electrons. The minimum atomic E-state index is -4.45. The molecule has 27 heavy (non-hydrogen) atoms. The van der Waals surface area contributed by atoms with E-state index < -0.39 is 29.4 Å². The van der Waals surface area contributed by atoms with Crippen molar-refractivity contribution < 1.29 is 27.2 Å². The molecule has 1 atom stereocenters. The van der Waals surface area contributed by atoms with Crippen LogP contribution in [-0.2, 0) is 17.3 Å². The minimum Gasteiger partial charge on any atom is -0.364 e. The van der Waals surface area contributed by atoms with Gasteiger partial charge >= 0.3 is 6.18 Å². The monoisotopic (exact) mass is 383 g/mol. The zero-order chi connectivity index (χ0) is 19.8. The third-order valence-electron chi connectivity index (χ3n) is 4.25. The first kappa shape index (κ1) is 19.3. The molecule has 1 aromatic heterocycles. The summed E-state index contributed by atoms with van der Waals surface area (Å²) in [6.07, 6.45) is -4.64. The fraction of sp³-hybridized carbons (Fsp3) is 0.500. The van der Waals surface area contributed by atoms with Crippen molar-refractivity contribution in [3.05, 3.63) is 47.1 Å². The molecule has 1 aromatic carbocycles. The van der Waals surface area contributed by atoms with Gasteiger partial charge in [0.25, 0.3) is 11.7 Å². The predicted molar refractivity (Wildman–Crippen MR) is 88.9 cm³/mol. The SMILES string of the molecule is CCc1nc(C(=O)N2CC(c3cccc(C(F)(F)F)c3)OC(C)(C)C2)no1. The molecule has 0 N–H and O–H groups in total. The maximum atomic E-state index is 13.0. The molecule has 0 spiro atoms. The lowest BCUT2D eigenvalue weighted by atomic mass is 9.99. The highest BCUT2D eigenvalue weighted by Gasteiger charge is 2.39. The highest BCUT2D eigenvalue weighted by molar-refractivity contribution is 5.90. The second-order valence-corrected chi connectivity index (χ2v) is 7.04. The molecule has 3 rings (SSSR count). The van der Waals surface area contributed by atoms with Gasteiger partial charge in [-0.15, -0.1) is 0 Å². The van der Waals surface area contributed by atoms with Crippen LogP contribution in [-0.4, -0.2) is 39.6 Å². The number of alkyl halides is 3. The van der Waals surface area contributed by atoms with E-state index in [2.05, 4.69) is 10.1 Å². The molecule has 1 amide bonds. The van der Waals surface area contributed by atoms with E-state index >= 15 is 0 Å². The number of aryl methyl sites for hydroxylation is 1. The number of morpholine rings is 1. The lowest BCUT2D eigenvalue weighted by Gasteiger charge is -2.42. The Morgan fingerprint density at radius 2 is 2.11 bits per heavy atom. The number of benzene rings is 1. The van der Waals surface area contributed by atoms with E-state index in [9.17, 15) is 18.0 Å². The molecule has 1 aliphatic heterocycles. The summed E-state index contributed by atoms with van der Waals surface area (Å²) < 4.78 is 50.0. The van der Waals surface area contributed by atoms with Gasteiger partial charge in [0, 0.05) is 13.0 Å². The Hall–Kier alpha value is -2.42. The van der Waals surface area contributed by atoms with Crippen LogP contribution in [0.4, 0.5) is 13.2 Å². The maximum Gasteiger partial charge on any atom is 0.416 e. The second kappa shape index (κ2) is 6.95. The second-order valence-electron chi connectivity index (χ2n) is 7.04. The number of hydrogen-bond donors (Lipinski definition) is 0. The van der Waals surface area contributed by atoms with E-state index in [0.29, 0.717) is 17.9 Å². The lowest BCUT2D eigenvalue weighted by Crippen LogP contribution is -2.52. The summed E-state index contributed by atoms with van der Waals surface area (Å²) in [4.78, 5) is 18.2. The summed E-state index contributed by atoms with van der Waals surface area (Å²) in [5.41, 5.74) is -1.14. The lowest BCUT2D eigenvalue weighted by molar-refractivity contribution is -0.138. The summed E-state index contributed by atoms with van der Waals surface area (Å²) >= 11 is 0. The predicted octanol–water partition coefficient (Wildman–Crippen LogP) is 3.64. The minimum absolute atomic E-state index is 0.0626. The van der Waals surface area contributed by atoms with Gasteiger partial charge in [0.2, 0.25) is 5.89 Å². The molecule has 0 saturated carbocycles. The molecule has 9 heteroatoms. The van der Waals surface area contributed by atoms with E-state index in [1.165, 1.54) is 11.0 Å². The third-order valence-corrected chi connectivity index (χ3v) is 4.25. The number of ether oxygens (including phenoxy) is 1. The fourth-order valence-corrected chi connectivity index (χ4v) is 3.05. The van der Waals surface area contributed by atoms with Crippen LogP contribution in [0.3, 0.4) is 0 Å². The first-order valence-electron chi connectivity index (χ1n) is 8.56. The Kier molecular flexibility index (Phi) is 4.98. The van der Waals surface area contributed by atoms with Crippen LogP contribution >= 0.6 is 0 Å². The Morgan fingerprint density at radius 3 is 2.74 bits per heavy atom. The van der Waals surface area contributed by atoms with Crippen molar-refractivity contribution >= 4 is 5.91 Å². The van der Waals surface area contributed by atoms with Gasteiger partial charge in [-0.05, 0) is 31.5 Å². The molecule has 6 nitrogen and oxygen atoms in total. The van der Waals surface area contributed by atoms with Crippen LogP contribution in [0, 0.1) is 0 Å². The topological polar surface area (TPSA) is 68.5 Å². The van der Waals surface area contributed by atoms with E-state index in [4.69, 9.17) is 9.26 Å². The maximum absolute atomic E-state index is 13.0. The molecule has 1 aliphatic rings. The number of amides is 1. The number of aromatic nitrogens is 2. The standard InChI is InChI=1S/C18H20F3N3O3/c1-4-14-22-15(23-27-14)16(25)24-9-13(26-17(2,3)10-24)11-6-5-7-12(8-11)18(19,20)21/h5-8,13H,4,9-10H2,1-3H3. The number of halogens is 3. The zero-order valence-electron chi connectivity index (χ0n) is 15.2. The number of rotatable bonds is 3. The average Bonchev–Trinajstić information content (AvgIpc) is 3.08. The van der Waals surface area contributed by atoms with Gasteiger partial charge in [-0.3, -0.25) is 4.79 Å². The number of hydrogen-bond acceptors (Lipinski definition) is 5. The summed E-state index contributed by atoms with van der Waals surface area (Å²) in [6.45, 7) is 5.74.